The Kier molecular flexibility index (Phi) is 5.77. The van der Waals surface area contributed by atoms with Crippen LogP contribution in [-0.4, -0.2) is 44.3 Å². The fourth-order valence-electron chi connectivity index (χ4n) is 4.95. The normalized spacial score (nSPS) is 19.5. The van der Waals surface area contributed by atoms with Gasteiger partial charge in [0.2, 0.25) is 5.75 Å². The average Bonchev–Trinajstić information content (AvgIpc) is 3.65. The number of allylic oxidation sites excluding steroid dienone is 1. The lowest BCUT2D eigenvalue weighted by Crippen LogP contribution is -2.31. The molecule has 1 saturated carbocycles. The van der Waals surface area contributed by atoms with Gasteiger partial charge in [0.15, 0.2) is 11.5 Å². The fraction of sp³-hybridized carbons (Fsp3) is 0.333. The molecule has 1 fully saturated rings. The lowest BCUT2D eigenvalue weighted by atomic mass is 9.68. The van der Waals surface area contributed by atoms with Crippen LogP contribution in [0, 0.1) is 5.92 Å². The van der Waals surface area contributed by atoms with Crippen molar-refractivity contribution in [2.75, 3.05) is 28.4 Å². The van der Waals surface area contributed by atoms with Crippen molar-refractivity contribution < 1.29 is 19.0 Å². The van der Waals surface area contributed by atoms with Crippen molar-refractivity contribution in [2.24, 2.45) is 11.1 Å². The summed E-state index contributed by atoms with van der Waals surface area (Å²) in [7, 11) is 6.50. The minimum absolute atomic E-state index is 0.410. The lowest BCUT2D eigenvalue weighted by Gasteiger charge is -2.36. The van der Waals surface area contributed by atoms with Crippen molar-refractivity contribution in [1.82, 2.24) is 10.2 Å². The van der Waals surface area contributed by atoms with E-state index in [1.54, 1.807) is 28.4 Å². The zero-order chi connectivity index (χ0) is 23.7. The predicted molar refractivity (Wildman–Crippen MR) is 131 cm³/mol. The number of oxime groups is 1. The number of aromatic nitrogens is 2. The number of hydrogen-bond acceptors (Lipinski definition) is 6. The Morgan fingerprint density at radius 3 is 2.38 bits per heavy atom. The molecule has 7 nitrogen and oxygen atoms in total. The van der Waals surface area contributed by atoms with Crippen LogP contribution in [0.15, 0.2) is 53.7 Å². The molecule has 5 rings (SSSR count). The number of H-pyrrole nitrogens is 1. The number of rotatable bonds is 8. The highest BCUT2D eigenvalue weighted by Crippen LogP contribution is 2.50. The van der Waals surface area contributed by atoms with Crippen LogP contribution >= 0.6 is 0 Å². The molecule has 0 spiro atoms. The van der Waals surface area contributed by atoms with Crippen molar-refractivity contribution in [3.05, 3.63) is 76.6 Å². The molecule has 2 aromatic carbocycles. The third kappa shape index (κ3) is 3.52. The Morgan fingerprint density at radius 1 is 0.971 bits per heavy atom. The number of aromatic amines is 1. The molecule has 2 aliphatic carbocycles. The summed E-state index contributed by atoms with van der Waals surface area (Å²) < 4.78 is 17.2. The molecule has 1 atom stereocenters. The first-order chi connectivity index (χ1) is 16.7. The summed E-state index contributed by atoms with van der Waals surface area (Å²) in [6.45, 7) is 0. The molecule has 7 heteroatoms. The van der Waals surface area contributed by atoms with E-state index in [9.17, 15) is 0 Å². The van der Waals surface area contributed by atoms with Gasteiger partial charge in [-0.05, 0) is 24.5 Å². The van der Waals surface area contributed by atoms with Gasteiger partial charge in [0.05, 0.1) is 21.3 Å². The molecule has 1 N–H and O–H groups in total. The number of nitrogens with one attached hydrogen (secondary N) is 1. The van der Waals surface area contributed by atoms with E-state index in [-0.39, 0.29) is 0 Å². The standard InChI is InChI=1S/C27H29N3O4/c1-31-22-13-12-20(25(32-2)26(22)33-3)27(18-8-6-5-7-9-18)15-14-19-21(16-27)28-29-24(19)23(30-34-4)17-10-11-17/h5-9,12-15,17H,10-11,16H2,1-4H3,(H,28,29). The van der Waals surface area contributed by atoms with E-state index in [0.29, 0.717) is 29.6 Å². The first-order valence-corrected chi connectivity index (χ1v) is 11.4. The smallest absolute Gasteiger partial charge is 0.203 e. The van der Waals surface area contributed by atoms with E-state index in [4.69, 9.17) is 19.0 Å². The maximum absolute atomic E-state index is 5.91. The second-order valence-corrected chi connectivity index (χ2v) is 8.63. The topological polar surface area (TPSA) is 78.0 Å². The van der Waals surface area contributed by atoms with Crippen molar-refractivity contribution >= 4 is 11.8 Å². The van der Waals surface area contributed by atoms with Crippen molar-refractivity contribution in [3.63, 3.8) is 0 Å². The van der Waals surface area contributed by atoms with Crippen LogP contribution in [0.3, 0.4) is 0 Å². The second kappa shape index (κ2) is 8.89. The first kappa shape index (κ1) is 22.1. The van der Waals surface area contributed by atoms with E-state index in [2.05, 4.69) is 57.8 Å². The summed E-state index contributed by atoms with van der Waals surface area (Å²) in [5.74, 6) is 2.26. The van der Waals surface area contributed by atoms with Crippen molar-refractivity contribution in [3.8, 4) is 17.2 Å². The quantitative estimate of drug-likeness (QED) is 0.388. The van der Waals surface area contributed by atoms with E-state index >= 15 is 0 Å². The molecule has 0 saturated heterocycles. The first-order valence-electron chi connectivity index (χ1n) is 11.4. The Bertz CT molecular complexity index is 1240. The van der Waals surface area contributed by atoms with Crippen LogP contribution in [0.25, 0.3) is 6.08 Å². The molecule has 0 amide bonds. The van der Waals surface area contributed by atoms with Crippen LogP contribution in [0.4, 0.5) is 0 Å². The predicted octanol–water partition coefficient (Wildman–Crippen LogP) is 4.75. The van der Waals surface area contributed by atoms with Crippen LogP contribution in [0.2, 0.25) is 0 Å². The van der Waals surface area contributed by atoms with Gasteiger partial charge in [-0.25, -0.2) is 0 Å². The number of ether oxygens (including phenoxy) is 3. The Morgan fingerprint density at radius 2 is 1.74 bits per heavy atom. The maximum Gasteiger partial charge on any atom is 0.203 e. The average molecular weight is 460 g/mol. The SMILES string of the molecule is CON=C(c1n[nH]c2c1C=CC(c1ccccc1)(c1ccc(OC)c(OC)c1OC)C2)C1CC1. The van der Waals surface area contributed by atoms with Gasteiger partial charge in [-0.15, -0.1) is 0 Å². The van der Waals surface area contributed by atoms with Gasteiger partial charge >= 0.3 is 0 Å². The molecule has 1 heterocycles. The largest absolute Gasteiger partial charge is 0.493 e. The summed E-state index contributed by atoms with van der Waals surface area (Å²) in [5, 5.41) is 12.3. The fourth-order valence-corrected chi connectivity index (χ4v) is 4.95. The molecular weight excluding hydrogens is 430 g/mol. The summed E-state index contributed by atoms with van der Waals surface area (Å²) in [5.41, 5.74) is 5.53. The molecular formula is C27H29N3O4. The Balaban J connectivity index is 1.69. The third-order valence-electron chi connectivity index (χ3n) is 6.74. The van der Waals surface area contributed by atoms with E-state index < -0.39 is 5.41 Å². The van der Waals surface area contributed by atoms with Crippen molar-refractivity contribution in [2.45, 2.75) is 24.7 Å². The molecule has 0 radical (unpaired) electrons. The number of fused-ring (bicyclic) bond motifs is 1. The number of hydrogen-bond donors (Lipinski definition) is 1. The Hall–Kier alpha value is -3.74. The second-order valence-electron chi connectivity index (χ2n) is 8.63. The van der Waals surface area contributed by atoms with E-state index in [1.807, 2.05) is 12.1 Å². The van der Waals surface area contributed by atoms with E-state index in [1.165, 1.54) is 0 Å². The van der Waals surface area contributed by atoms with Gasteiger partial charge in [-0.1, -0.05) is 53.7 Å². The summed E-state index contributed by atoms with van der Waals surface area (Å²) in [4.78, 5) is 5.15. The number of methoxy groups -OCH3 is 3. The number of nitrogens with zero attached hydrogens (tertiary/aromatic N) is 2. The maximum atomic E-state index is 5.91. The highest BCUT2D eigenvalue weighted by atomic mass is 16.6. The van der Waals surface area contributed by atoms with Crippen LogP contribution in [0.1, 0.15) is 40.9 Å². The van der Waals surface area contributed by atoms with Gasteiger partial charge in [-0.2, -0.15) is 5.10 Å². The molecule has 1 aromatic heterocycles. The summed E-state index contributed by atoms with van der Waals surface area (Å²) in [6.07, 6.45) is 7.29. The van der Waals surface area contributed by atoms with Gasteiger partial charge in [-0.3, -0.25) is 5.10 Å². The molecule has 34 heavy (non-hydrogen) atoms. The lowest BCUT2D eigenvalue weighted by molar-refractivity contribution is 0.212. The molecule has 2 aliphatic rings. The molecule has 0 bridgehead atoms. The highest BCUT2D eigenvalue weighted by molar-refractivity contribution is 6.04. The van der Waals surface area contributed by atoms with Gasteiger partial charge in [0.25, 0.3) is 0 Å². The molecule has 176 valence electrons. The zero-order valence-electron chi connectivity index (χ0n) is 19.9. The molecule has 3 aromatic rings. The van der Waals surface area contributed by atoms with Gasteiger partial charge in [0.1, 0.15) is 18.5 Å². The Labute approximate surface area is 199 Å². The highest BCUT2D eigenvalue weighted by Gasteiger charge is 2.41. The zero-order valence-corrected chi connectivity index (χ0v) is 19.9. The van der Waals surface area contributed by atoms with Gasteiger partial charge in [0, 0.05) is 34.6 Å². The molecule has 0 aliphatic heterocycles. The summed E-state index contributed by atoms with van der Waals surface area (Å²) >= 11 is 0. The third-order valence-corrected chi connectivity index (χ3v) is 6.74. The van der Waals surface area contributed by atoms with Crippen LogP contribution in [-0.2, 0) is 16.7 Å². The van der Waals surface area contributed by atoms with Gasteiger partial charge < -0.3 is 19.0 Å². The molecule has 1 unspecified atom stereocenters. The van der Waals surface area contributed by atoms with Crippen LogP contribution in [0.5, 0.6) is 17.2 Å². The number of benzene rings is 2. The van der Waals surface area contributed by atoms with Crippen LogP contribution < -0.4 is 14.2 Å². The van der Waals surface area contributed by atoms with E-state index in [0.717, 1.165) is 46.6 Å². The summed E-state index contributed by atoms with van der Waals surface area (Å²) in [6, 6.07) is 14.4. The van der Waals surface area contributed by atoms with Crippen molar-refractivity contribution in [1.29, 1.82) is 0 Å². The monoisotopic (exact) mass is 459 g/mol. The minimum Gasteiger partial charge on any atom is -0.493 e. The minimum atomic E-state index is -0.499.